The molecule has 9 nitrogen and oxygen atoms in total. The van der Waals surface area contributed by atoms with Crippen LogP contribution in [0.25, 0.3) is 0 Å². The van der Waals surface area contributed by atoms with E-state index in [2.05, 4.69) is 135 Å². The quantitative estimate of drug-likeness (QED) is 0.0211. The maximum atomic E-state index is 12.9. The van der Waals surface area contributed by atoms with E-state index in [1.807, 2.05) is 21.1 Å². The fraction of sp³-hybridized carbons (Fsp3) is 0.711. The molecule has 2 unspecified atom stereocenters. The molecule has 1 N–H and O–H groups in total. The maximum absolute atomic E-state index is 12.9. The monoisotopic (exact) mass is 1220 g/mol. The van der Waals surface area contributed by atoms with E-state index in [4.69, 9.17) is 18.5 Å². The van der Waals surface area contributed by atoms with Crippen LogP contribution < -0.4 is 0 Å². The van der Waals surface area contributed by atoms with E-state index < -0.39 is 26.5 Å². The first-order valence-corrected chi connectivity index (χ1v) is 36.8. The lowest BCUT2D eigenvalue weighted by molar-refractivity contribution is -0.870. The first kappa shape index (κ1) is 82.4. The Morgan fingerprint density at radius 2 is 0.663 bits per heavy atom. The first-order chi connectivity index (χ1) is 42.0. The van der Waals surface area contributed by atoms with Gasteiger partial charge < -0.3 is 18.9 Å². The molecule has 0 amide bonds. The summed E-state index contributed by atoms with van der Waals surface area (Å²) in [6, 6.07) is 0. The van der Waals surface area contributed by atoms with E-state index in [1.54, 1.807) is 0 Å². The number of nitrogens with zero attached hydrogens (tertiary/aromatic N) is 1. The second-order valence-corrected chi connectivity index (χ2v) is 26.0. The van der Waals surface area contributed by atoms with E-state index in [0.717, 1.165) is 96.3 Å². The largest absolute Gasteiger partial charge is 0.472 e. The molecule has 2 atom stereocenters. The highest BCUT2D eigenvalue weighted by Crippen LogP contribution is 2.43. The number of phosphoric ester groups is 1. The fourth-order valence-electron chi connectivity index (χ4n) is 9.59. The van der Waals surface area contributed by atoms with E-state index in [9.17, 15) is 19.0 Å². The molecule has 0 saturated heterocycles. The summed E-state index contributed by atoms with van der Waals surface area (Å²) in [6.07, 6.45) is 94.6. The SMILES string of the molecule is CC/C=C\C/C=C\C/C=C\C/C=C\C/C=C\C/C=C\C/C=C\CCCCCC(=O)OC(COC(=O)CCCCCCCCCCCCCCCCCCCCCCCC/C=C\C/C=C\C/C=C\CCCCCCC)COP(=O)(O)OCC[N+](C)(C)C. The first-order valence-electron chi connectivity index (χ1n) is 35.3. The zero-order valence-corrected chi connectivity index (χ0v) is 57.2. The summed E-state index contributed by atoms with van der Waals surface area (Å²) < 4.78 is 34.7. The van der Waals surface area contributed by atoms with Gasteiger partial charge in [-0.25, -0.2) is 4.57 Å². The van der Waals surface area contributed by atoms with Crippen LogP contribution in [0.1, 0.15) is 296 Å². The number of hydrogen-bond donors (Lipinski definition) is 1. The summed E-state index contributed by atoms with van der Waals surface area (Å²) in [5.74, 6) is -0.834. The highest BCUT2D eigenvalue weighted by atomic mass is 31.2. The van der Waals surface area contributed by atoms with Crippen LogP contribution in [0.3, 0.4) is 0 Å². The number of carbonyl (C=O) groups excluding carboxylic acids is 2. The summed E-state index contributed by atoms with van der Waals surface area (Å²) in [4.78, 5) is 35.8. The third kappa shape index (κ3) is 69.5. The number of quaternary nitrogens is 1. The zero-order valence-electron chi connectivity index (χ0n) is 56.3. The van der Waals surface area contributed by atoms with E-state index in [-0.39, 0.29) is 32.0 Å². The molecular weight excluding hydrogens is 1090 g/mol. The van der Waals surface area contributed by atoms with E-state index in [1.165, 1.54) is 167 Å². The Labute approximate surface area is 530 Å². The molecule has 0 aliphatic heterocycles. The lowest BCUT2D eigenvalue weighted by Gasteiger charge is -2.24. The van der Waals surface area contributed by atoms with Crippen molar-refractivity contribution >= 4 is 19.8 Å². The molecule has 0 fully saturated rings. The van der Waals surface area contributed by atoms with E-state index >= 15 is 0 Å². The van der Waals surface area contributed by atoms with Crippen molar-refractivity contribution in [3.05, 3.63) is 122 Å². The summed E-state index contributed by atoms with van der Waals surface area (Å²) in [5.41, 5.74) is 0. The maximum Gasteiger partial charge on any atom is 0.472 e. The molecule has 0 heterocycles. The molecule has 0 aliphatic rings. The van der Waals surface area contributed by atoms with Crippen LogP contribution in [-0.4, -0.2) is 74.9 Å². The fourth-order valence-corrected chi connectivity index (χ4v) is 10.3. The number of likely N-dealkylation sites (N-methyl/N-ethyl adjacent to an activating group) is 1. The van der Waals surface area contributed by atoms with E-state index in [0.29, 0.717) is 17.4 Å². The van der Waals surface area contributed by atoms with Crippen molar-refractivity contribution in [1.29, 1.82) is 0 Å². The van der Waals surface area contributed by atoms with Crippen LogP contribution in [-0.2, 0) is 32.7 Å². The van der Waals surface area contributed by atoms with Gasteiger partial charge in [0.25, 0.3) is 0 Å². The molecule has 0 aliphatic carbocycles. The topological polar surface area (TPSA) is 108 Å². The Balaban J connectivity index is 4.05. The average molecular weight is 1220 g/mol. The number of unbranched alkanes of at least 4 members (excludes halogenated alkanes) is 30. The molecular formula is C76H133NO8P+. The predicted octanol–water partition coefficient (Wildman–Crippen LogP) is 23.0. The van der Waals surface area contributed by atoms with Crippen molar-refractivity contribution in [2.75, 3.05) is 47.5 Å². The minimum atomic E-state index is -4.41. The van der Waals surface area contributed by atoms with Gasteiger partial charge in [0.2, 0.25) is 0 Å². The van der Waals surface area contributed by atoms with Crippen LogP contribution in [0.2, 0.25) is 0 Å². The molecule has 0 aromatic rings. The Morgan fingerprint density at radius 1 is 0.372 bits per heavy atom. The van der Waals surface area contributed by atoms with Crippen LogP contribution in [0.4, 0.5) is 0 Å². The average Bonchev–Trinajstić information content (AvgIpc) is 3.70. The molecule has 0 radical (unpaired) electrons. The van der Waals surface area contributed by atoms with Gasteiger partial charge in [-0.05, 0) is 109 Å². The van der Waals surface area contributed by atoms with Gasteiger partial charge in [0.05, 0.1) is 27.7 Å². The van der Waals surface area contributed by atoms with Crippen molar-refractivity contribution < 1.29 is 42.1 Å². The van der Waals surface area contributed by atoms with Gasteiger partial charge >= 0.3 is 19.8 Å². The predicted molar refractivity (Wildman–Crippen MR) is 371 cm³/mol. The summed E-state index contributed by atoms with van der Waals surface area (Å²) in [5, 5.41) is 0. The molecule has 10 heteroatoms. The standard InChI is InChI=1S/C76H132NO8P/c1-6-8-10-12-14-16-18-20-22-24-26-28-30-32-33-34-35-36-37-38-39-40-41-42-43-45-46-48-50-52-54-56-58-60-62-64-66-68-75(78)82-72-74(73-84-86(80,81)83-71-70-77(3,4)5)85-76(79)69-67-65-63-61-59-57-55-53-51-49-47-44-31-29-27-25-23-21-19-17-15-13-11-9-7-2/h9,11,15,17-18,20-21,23-24,26-27,29-30,32,44,47,51,53,57,59,74H,6-8,10,12-14,16,19,22,25,28,31,33-43,45-46,48-50,52,54-56,58,60-73H2,1-5H3/p+1/b11-9-,17-15-,20-18-,23-21-,26-24-,29-27-,32-30-,47-44-,53-51-,59-57-. The second-order valence-electron chi connectivity index (χ2n) is 24.5. The van der Waals surface area contributed by atoms with Crippen LogP contribution in [0.15, 0.2) is 122 Å². The highest BCUT2D eigenvalue weighted by Gasteiger charge is 2.27. The van der Waals surface area contributed by atoms with Gasteiger partial charge in [-0.3, -0.25) is 18.6 Å². The lowest BCUT2D eigenvalue weighted by atomic mass is 10.0. The summed E-state index contributed by atoms with van der Waals surface area (Å²) >= 11 is 0. The van der Waals surface area contributed by atoms with Gasteiger partial charge in [-0.2, -0.15) is 0 Å². The van der Waals surface area contributed by atoms with Gasteiger partial charge in [-0.1, -0.05) is 296 Å². The van der Waals surface area contributed by atoms with Gasteiger partial charge in [0.1, 0.15) is 19.8 Å². The number of hydrogen-bond acceptors (Lipinski definition) is 7. The molecule has 494 valence electrons. The lowest BCUT2D eigenvalue weighted by Crippen LogP contribution is -2.37. The van der Waals surface area contributed by atoms with Gasteiger partial charge in [0, 0.05) is 12.8 Å². The van der Waals surface area contributed by atoms with Crippen LogP contribution >= 0.6 is 7.82 Å². The summed E-state index contributed by atoms with van der Waals surface area (Å²) in [6.45, 7) is 4.28. The number of ether oxygens (including phenoxy) is 2. The highest BCUT2D eigenvalue weighted by molar-refractivity contribution is 7.47. The molecule has 0 aromatic heterocycles. The third-order valence-electron chi connectivity index (χ3n) is 15.0. The van der Waals surface area contributed by atoms with Crippen molar-refractivity contribution in [2.45, 2.75) is 302 Å². The molecule has 0 spiro atoms. The molecule has 0 saturated carbocycles. The zero-order chi connectivity index (χ0) is 62.6. The van der Waals surface area contributed by atoms with Crippen molar-refractivity contribution in [1.82, 2.24) is 0 Å². The summed E-state index contributed by atoms with van der Waals surface area (Å²) in [7, 11) is 1.45. The molecule has 86 heavy (non-hydrogen) atoms. The Hall–Kier alpha value is -3.59. The Bertz CT molecular complexity index is 1870. The number of phosphoric acid groups is 1. The van der Waals surface area contributed by atoms with Crippen molar-refractivity contribution in [2.24, 2.45) is 0 Å². The smallest absolute Gasteiger partial charge is 0.462 e. The minimum absolute atomic E-state index is 0.0199. The van der Waals surface area contributed by atoms with Crippen molar-refractivity contribution in [3.8, 4) is 0 Å². The minimum Gasteiger partial charge on any atom is -0.462 e. The molecule has 0 rings (SSSR count). The third-order valence-corrected chi connectivity index (χ3v) is 16.0. The second kappa shape index (κ2) is 65.8. The van der Waals surface area contributed by atoms with Gasteiger partial charge in [0.15, 0.2) is 6.10 Å². The number of rotatable bonds is 64. The van der Waals surface area contributed by atoms with Gasteiger partial charge in [-0.15, -0.1) is 0 Å². The molecule has 0 bridgehead atoms. The number of esters is 2. The number of allylic oxidation sites excluding steroid dienone is 20. The normalized spacial score (nSPS) is 13.9. The van der Waals surface area contributed by atoms with Crippen molar-refractivity contribution in [3.63, 3.8) is 0 Å². The Kier molecular flexibility index (Phi) is 63.1. The Morgan fingerprint density at radius 3 is 1.00 bits per heavy atom. The number of carbonyl (C=O) groups is 2. The van der Waals surface area contributed by atoms with Crippen LogP contribution in [0.5, 0.6) is 0 Å². The molecule has 0 aromatic carbocycles. The van der Waals surface area contributed by atoms with Crippen LogP contribution in [0, 0.1) is 0 Å².